The number of carboxylic acids is 1. The van der Waals surface area contributed by atoms with E-state index >= 15 is 0 Å². The first kappa shape index (κ1) is 12.5. The SMILES string of the molecule is C/C(=C/C(=O)O)c1ccc(CC(C)C)cc1. The number of allylic oxidation sites excluding steroid dienone is 1. The van der Waals surface area contributed by atoms with Crippen LogP contribution in [0, 0.1) is 5.92 Å². The standard InChI is InChI=1S/C14H18O2/c1-10(2)8-12-4-6-13(7-5-12)11(3)9-14(15)16/h4-7,9-10H,8H2,1-3H3,(H,15,16)/b11-9-. The maximum atomic E-state index is 10.5. The molecular weight excluding hydrogens is 200 g/mol. The largest absolute Gasteiger partial charge is 0.478 e. The van der Waals surface area contributed by atoms with Crippen molar-refractivity contribution >= 4 is 11.5 Å². The highest BCUT2D eigenvalue weighted by Gasteiger charge is 2.00. The Morgan fingerprint density at radius 1 is 1.31 bits per heavy atom. The van der Waals surface area contributed by atoms with Gasteiger partial charge in [-0.15, -0.1) is 0 Å². The second-order valence-electron chi connectivity index (χ2n) is 4.46. The van der Waals surface area contributed by atoms with Gasteiger partial charge in [0.25, 0.3) is 0 Å². The second kappa shape index (κ2) is 5.50. The summed E-state index contributed by atoms with van der Waals surface area (Å²) >= 11 is 0. The summed E-state index contributed by atoms with van der Waals surface area (Å²) in [5, 5.41) is 8.64. The summed E-state index contributed by atoms with van der Waals surface area (Å²) in [4.78, 5) is 10.5. The van der Waals surface area contributed by atoms with Crippen molar-refractivity contribution in [2.45, 2.75) is 27.2 Å². The van der Waals surface area contributed by atoms with Gasteiger partial charge in [-0.1, -0.05) is 38.1 Å². The predicted molar refractivity (Wildman–Crippen MR) is 66.3 cm³/mol. The predicted octanol–water partition coefficient (Wildman–Crippen LogP) is 3.37. The topological polar surface area (TPSA) is 37.3 Å². The average Bonchev–Trinajstić information content (AvgIpc) is 2.16. The van der Waals surface area contributed by atoms with Crippen molar-refractivity contribution in [1.82, 2.24) is 0 Å². The van der Waals surface area contributed by atoms with Gasteiger partial charge in [-0.2, -0.15) is 0 Å². The Kier molecular flexibility index (Phi) is 4.29. The number of aliphatic carboxylic acids is 1. The van der Waals surface area contributed by atoms with E-state index in [4.69, 9.17) is 5.11 Å². The van der Waals surface area contributed by atoms with E-state index in [1.807, 2.05) is 19.1 Å². The van der Waals surface area contributed by atoms with Gasteiger partial charge < -0.3 is 5.11 Å². The fraction of sp³-hybridized carbons (Fsp3) is 0.357. The van der Waals surface area contributed by atoms with Gasteiger partial charge in [0, 0.05) is 6.08 Å². The van der Waals surface area contributed by atoms with Crippen molar-refractivity contribution < 1.29 is 9.90 Å². The Balaban J connectivity index is 2.82. The molecule has 0 fully saturated rings. The van der Waals surface area contributed by atoms with Crippen molar-refractivity contribution in [1.29, 1.82) is 0 Å². The Morgan fingerprint density at radius 2 is 1.88 bits per heavy atom. The monoisotopic (exact) mass is 218 g/mol. The summed E-state index contributed by atoms with van der Waals surface area (Å²) in [6.07, 6.45) is 2.29. The third-order valence-corrected chi connectivity index (χ3v) is 2.39. The van der Waals surface area contributed by atoms with Crippen LogP contribution >= 0.6 is 0 Å². The lowest BCUT2D eigenvalue weighted by atomic mass is 9.99. The van der Waals surface area contributed by atoms with E-state index in [2.05, 4.69) is 26.0 Å². The lowest BCUT2D eigenvalue weighted by Gasteiger charge is -2.06. The molecule has 0 bridgehead atoms. The maximum absolute atomic E-state index is 10.5. The molecule has 0 spiro atoms. The molecule has 2 heteroatoms. The number of benzene rings is 1. The number of hydrogen-bond acceptors (Lipinski definition) is 1. The second-order valence-corrected chi connectivity index (χ2v) is 4.46. The summed E-state index contributed by atoms with van der Waals surface area (Å²) in [5.74, 6) is -0.259. The quantitative estimate of drug-likeness (QED) is 0.787. The van der Waals surface area contributed by atoms with Crippen molar-refractivity contribution in [2.75, 3.05) is 0 Å². The lowest BCUT2D eigenvalue weighted by molar-refractivity contribution is -0.131. The summed E-state index contributed by atoms with van der Waals surface area (Å²) in [6, 6.07) is 8.09. The van der Waals surface area contributed by atoms with E-state index in [1.54, 1.807) is 0 Å². The molecule has 86 valence electrons. The smallest absolute Gasteiger partial charge is 0.328 e. The molecule has 2 nitrogen and oxygen atoms in total. The van der Waals surface area contributed by atoms with Gasteiger partial charge in [0.2, 0.25) is 0 Å². The first-order valence-corrected chi connectivity index (χ1v) is 5.49. The molecule has 0 aliphatic heterocycles. The van der Waals surface area contributed by atoms with Crippen molar-refractivity contribution in [3.05, 3.63) is 41.5 Å². The van der Waals surface area contributed by atoms with Crippen LogP contribution in [0.5, 0.6) is 0 Å². The number of carbonyl (C=O) groups is 1. The molecule has 1 rings (SSSR count). The molecule has 0 saturated heterocycles. The van der Waals surface area contributed by atoms with Crippen molar-refractivity contribution in [3.63, 3.8) is 0 Å². The zero-order valence-corrected chi connectivity index (χ0v) is 10.0. The van der Waals surface area contributed by atoms with Crippen LogP contribution in [0.15, 0.2) is 30.3 Å². The normalized spacial score (nSPS) is 11.9. The minimum atomic E-state index is -0.899. The van der Waals surface area contributed by atoms with E-state index < -0.39 is 5.97 Å². The molecule has 16 heavy (non-hydrogen) atoms. The van der Waals surface area contributed by atoms with Crippen LogP contribution in [-0.2, 0) is 11.2 Å². The van der Waals surface area contributed by atoms with Crippen LogP contribution in [0.25, 0.3) is 5.57 Å². The number of carboxylic acid groups (broad SMARTS) is 1. The van der Waals surface area contributed by atoms with Gasteiger partial charge in [0.05, 0.1) is 0 Å². The fourth-order valence-corrected chi connectivity index (χ4v) is 1.64. The fourth-order valence-electron chi connectivity index (χ4n) is 1.64. The molecule has 0 atom stereocenters. The van der Waals surface area contributed by atoms with Crippen LogP contribution < -0.4 is 0 Å². The van der Waals surface area contributed by atoms with E-state index in [-0.39, 0.29) is 0 Å². The van der Waals surface area contributed by atoms with Crippen LogP contribution in [0.3, 0.4) is 0 Å². The van der Waals surface area contributed by atoms with E-state index in [0.717, 1.165) is 17.6 Å². The number of hydrogen-bond donors (Lipinski definition) is 1. The minimum Gasteiger partial charge on any atom is -0.478 e. The van der Waals surface area contributed by atoms with Crippen LogP contribution in [0.4, 0.5) is 0 Å². The molecule has 0 radical (unpaired) electrons. The molecule has 1 aromatic rings. The van der Waals surface area contributed by atoms with E-state index in [1.165, 1.54) is 11.6 Å². The van der Waals surface area contributed by atoms with E-state index in [9.17, 15) is 4.79 Å². The van der Waals surface area contributed by atoms with Gasteiger partial charge in [0.1, 0.15) is 0 Å². The van der Waals surface area contributed by atoms with Crippen molar-refractivity contribution in [3.8, 4) is 0 Å². The van der Waals surface area contributed by atoms with Crippen molar-refractivity contribution in [2.24, 2.45) is 5.92 Å². The summed E-state index contributed by atoms with van der Waals surface area (Å²) in [7, 11) is 0. The van der Waals surface area contributed by atoms with Gasteiger partial charge >= 0.3 is 5.97 Å². The summed E-state index contributed by atoms with van der Waals surface area (Å²) in [5.41, 5.74) is 3.04. The Labute approximate surface area is 96.6 Å². The Hall–Kier alpha value is -1.57. The Bertz CT molecular complexity index is 386. The molecule has 0 aliphatic rings. The zero-order valence-electron chi connectivity index (χ0n) is 10.0. The van der Waals surface area contributed by atoms with Crippen LogP contribution in [-0.4, -0.2) is 11.1 Å². The minimum absolute atomic E-state index is 0.640. The lowest BCUT2D eigenvalue weighted by Crippen LogP contribution is -1.94. The molecule has 0 amide bonds. The molecule has 1 aromatic carbocycles. The molecule has 0 aliphatic carbocycles. The maximum Gasteiger partial charge on any atom is 0.328 e. The first-order valence-electron chi connectivity index (χ1n) is 5.49. The highest BCUT2D eigenvalue weighted by molar-refractivity contribution is 5.89. The summed E-state index contributed by atoms with van der Waals surface area (Å²) in [6.45, 7) is 6.18. The molecular formula is C14H18O2. The van der Waals surface area contributed by atoms with Gasteiger partial charge in [-0.3, -0.25) is 0 Å². The first-order chi connectivity index (χ1) is 7.49. The molecule has 0 heterocycles. The van der Waals surface area contributed by atoms with Crippen LogP contribution in [0.1, 0.15) is 31.9 Å². The highest BCUT2D eigenvalue weighted by Crippen LogP contribution is 2.16. The Morgan fingerprint density at radius 3 is 2.31 bits per heavy atom. The molecule has 0 unspecified atom stereocenters. The highest BCUT2D eigenvalue weighted by atomic mass is 16.4. The van der Waals surface area contributed by atoms with Gasteiger partial charge in [0.15, 0.2) is 0 Å². The number of rotatable bonds is 4. The van der Waals surface area contributed by atoms with Crippen LogP contribution in [0.2, 0.25) is 0 Å². The third kappa shape index (κ3) is 3.89. The summed E-state index contributed by atoms with van der Waals surface area (Å²) < 4.78 is 0. The molecule has 0 saturated carbocycles. The van der Waals surface area contributed by atoms with E-state index in [0.29, 0.717) is 5.92 Å². The third-order valence-electron chi connectivity index (χ3n) is 2.39. The molecule has 1 N–H and O–H groups in total. The van der Waals surface area contributed by atoms with Gasteiger partial charge in [-0.05, 0) is 36.0 Å². The average molecular weight is 218 g/mol. The zero-order chi connectivity index (χ0) is 12.1. The van der Waals surface area contributed by atoms with Gasteiger partial charge in [-0.25, -0.2) is 4.79 Å². The molecule has 0 aromatic heterocycles.